The molecule has 1 N–H and O–H groups in total. The van der Waals surface area contributed by atoms with Crippen molar-refractivity contribution >= 4 is 21.8 Å². The van der Waals surface area contributed by atoms with Crippen LogP contribution in [0.4, 0.5) is 9.57 Å². The van der Waals surface area contributed by atoms with Crippen molar-refractivity contribution in [1.82, 2.24) is 0 Å². The van der Waals surface area contributed by atoms with E-state index in [9.17, 15) is 22.2 Å². The molecule has 1 aromatic carbocycles. The van der Waals surface area contributed by atoms with Crippen LogP contribution >= 0.6 is 0 Å². The molecule has 1 aromatic rings. The van der Waals surface area contributed by atoms with E-state index in [4.69, 9.17) is 0 Å². The van der Waals surface area contributed by atoms with Gasteiger partial charge in [-0.1, -0.05) is 6.07 Å². The van der Waals surface area contributed by atoms with Gasteiger partial charge in [0.05, 0.1) is 5.69 Å². The Labute approximate surface area is 104 Å². The van der Waals surface area contributed by atoms with Crippen LogP contribution < -0.4 is 4.90 Å². The van der Waals surface area contributed by atoms with E-state index in [0.29, 0.717) is 0 Å². The molecule has 2 rings (SSSR count). The maximum absolute atomic E-state index is 12.9. The van der Waals surface area contributed by atoms with Gasteiger partial charge in [-0.05, 0) is 24.6 Å². The van der Waals surface area contributed by atoms with E-state index in [1.54, 1.807) is 19.1 Å². The number of aryl methyl sites for hydroxylation is 1. The molecule has 0 bridgehead atoms. The Morgan fingerprint density at radius 1 is 1.44 bits per heavy atom. The molecule has 1 amide bonds. The van der Waals surface area contributed by atoms with Crippen LogP contribution in [0, 0.1) is 6.92 Å². The summed E-state index contributed by atoms with van der Waals surface area (Å²) in [6.07, 6.45) is -0.397. The number of phenolic OH excluding ortho intramolecular Hbond substituents is 1. The van der Waals surface area contributed by atoms with Crippen LogP contribution in [0.5, 0.6) is 5.75 Å². The summed E-state index contributed by atoms with van der Waals surface area (Å²) in [5, 5.41) is 8.31. The number of halogens is 1. The summed E-state index contributed by atoms with van der Waals surface area (Å²) in [6, 6.07) is 4.62. The summed E-state index contributed by atoms with van der Waals surface area (Å²) < 4.78 is 34.5. The van der Waals surface area contributed by atoms with Crippen LogP contribution in [-0.4, -0.2) is 31.2 Å². The molecule has 1 fully saturated rings. The molecule has 0 spiro atoms. The predicted octanol–water partition coefficient (Wildman–Crippen LogP) is 1.11. The van der Waals surface area contributed by atoms with Crippen molar-refractivity contribution in [3.05, 3.63) is 23.8 Å². The molecule has 0 radical (unpaired) electrons. The Hall–Kier alpha value is -1.63. The molecule has 5 nitrogen and oxygen atoms in total. The number of aromatic hydroxyl groups is 1. The first-order chi connectivity index (χ1) is 8.29. The van der Waals surface area contributed by atoms with E-state index >= 15 is 0 Å². The molecule has 1 atom stereocenters. The molecule has 1 unspecified atom stereocenters. The third kappa shape index (κ3) is 2.31. The summed E-state index contributed by atoms with van der Waals surface area (Å²) in [7, 11) is -4.74. The van der Waals surface area contributed by atoms with Crippen molar-refractivity contribution in [3.8, 4) is 5.75 Å². The Bertz CT molecular complexity index is 599. The minimum Gasteiger partial charge on any atom is -0.506 e. The number of amides is 1. The highest BCUT2D eigenvalue weighted by Gasteiger charge is 2.39. The number of benzene rings is 1. The molecule has 1 heterocycles. The number of anilines is 1. The fraction of sp³-hybridized carbons (Fsp3) is 0.364. The van der Waals surface area contributed by atoms with Crippen LogP contribution in [0.1, 0.15) is 12.0 Å². The van der Waals surface area contributed by atoms with Crippen LogP contribution in [0.2, 0.25) is 0 Å². The lowest BCUT2D eigenvalue weighted by Crippen LogP contribution is -2.27. The lowest BCUT2D eigenvalue weighted by molar-refractivity contribution is -0.117. The van der Waals surface area contributed by atoms with Gasteiger partial charge in [0.25, 0.3) is 0 Å². The third-order valence-electron chi connectivity index (χ3n) is 2.91. The van der Waals surface area contributed by atoms with Gasteiger partial charge >= 0.3 is 10.2 Å². The average molecular weight is 273 g/mol. The molecular formula is C11H12FNO4S. The van der Waals surface area contributed by atoms with E-state index in [1.165, 1.54) is 6.07 Å². The maximum Gasteiger partial charge on any atom is 0.307 e. The summed E-state index contributed by atoms with van der Waals surface area (Å²) in [4.78, 5) is 12.8. The van der Waals surface area contributed by atoms with Crippen molar-refractivity contribution in [2.24, 2.45) is 0 Å². The van der Waals surface area contributed by atoms with Crippen molar-refractivity contribution in [2.75, 3.05) is 11.4 Å². The molecule has 1 aliphatic heterocycles. The molecule has 7 heteroatoms. The van der Waals surface area contributed by atoms with Gasteiger partial charge in [0.15, 0.2) is 0 Å². The van der Waals surface area contributed by atoms with Gasteiger partial charge in [-0.25, -0.2) is 0 Å². The number of phenols is 1. The fourth-order valence-corrected chi connectivity index (χ4v) is 2.61. The van der Waals surface area contributed by atoms with Crippen LogP contribution in [0.3, 0.4) is 0 Å². The number of nitrogens with zero attached hydrogens (tertiary/aromatic N) is 1. The number of carbonyl (C=O) groups excluding carboxylic acids is 1. The van der Waals surface area contributed by atoms with Gasteiger partial charge in [0, 0.05) is 13.0 Å². The predicted molar refractivity (Wildman–Crippen MR) is 63.6 cm³/mol. The molecule has 98 valence electrons. The number of rotatable bonds is 2. The highest BCUT2D eigenvalue weighted by atomic mass is 32.3. The van der Waals surface area contributed by atoms with Crippen molar-refractivity contribution in [1.29, 1.82) is 0 Å². The van der Waals surface area contributed by atoms with Gasteiger partial charge < -0.3 is 10.0 Å². The Morgan fingerprint density at radius 3 is 2.67 bits per heavy atom. The Balaban J connectivity index is 2.35. The van der Waals surface area contributed by atoms with Gasteiger partial charge in [-0.3, -0.25) is 4.79 Å². The monoisotopic (exact) mass is 273 g/mol. The fourth-order valence-electron chi connectivity index (χ4n) is 1.95. The zero-order valence-corrected chi connectivity index (χ0v) is 10.4. The first kappa shape index (κ1) is 12.8. The zero-order valence-electron chi connectivity index (χ0n) is 9.63. The molecule has 18 heavy (non-hydrogen) atoms. The lowest BCUT2D eigenvalue weighted by atomic mass is 10.2. The summed E-state index contributed by atoms with van der Waals surface area (Å²) in [5.41, 5.74) is 1.02. The molecule has 0 saturated carbocycles. The second-order valence-corrected chi connectivity index (χ2v) is 5.92. The Kier molecular flexibility index (Phi) is 3.02. The van der Waals surface area contributed by atoms with Crippen molar-refractivity contribution in [2.45, 2.75) is 18.6 Å². The smallest absolute Gasteiger partial charge is 0.307 e. The zero-order chi connectivity index (χ0) is 13.5. The molecule has 0 aliphatic carbocycles. The van der Waals surface area contributed by atoms with Crippen LogP contribution in [0.25, 0.3) is 0 Å². The average Bonchev–Trinajstić information content (AvgIpc) is 2.64. The SMILES string of the molecule is Cc1ccc(O)c(N2CC(S(=O)(=O)F)CC2=O)c1. The summed E-state index contributed by atoms with van der Waals surface area (Å²) in [6.45, 7) is 1.50. The number of hydrogen-bond acceptors (Lipinski definition) is 4. The number of carbonyl (C=O) groups is 1. The molecule has 1 aliphatic rings. The van der Waals surface area contributed by atoms with E-state index < -0.39 is 27.8 Å². The second-order valence-electron chi connectivity index (χ2n) is 4.30. The van der Waals surface area contributed by atoms with Crippen molar-refractivity contribution < 1.29 is 22.2 Å². The van der Waals surface area contributed by atoms with E-state index in [-0.39, 0.29) is 18.0 Å². The van der Waals surface area contributed by atoms with E-state index in [0.717, 1.165) is 10.5 Å². The van der Waals surface area contributed by atoms with E-state index in [2.05, 4.69) is 0 Å². The second kappa shape index (κ2) is 4.24. The normalized spacial score (nSPS) is 20.4. The van der Waals surface area contributed by atoms with Crippen LogP contribution in [-0.2, 0) is 15.0 Å². The van der Waals surface area contributed by atoms with Gasteiger partial charge in [-0.2, -0.15) is 8.42 Å². The standard InChI is InChI=1S/C11H12FNO4S/c1-7-2-3-10(14)9(4-7)13-6-8(5-11(13)15)18(12,16)17/h2-4,8,14H,5-6H2,1H3. The first-order valence-electron chi connectivity index (χ1n) is 5.32. The van der Waals surface area contributed by atoms with E-state index in [1.807, 2.05) is 0 Å². The quantitative estimate of drug-likeness (QED) is 0.819. The molecule has 1 saturated heterocycles. The lowest BCUT2D eigenvalue weighted by Gasteiger charge is -2.17. The van der Waals surface area contributed by atoms with Crippen molar-refractivity contribution in [3.63, 3.8) is 0 Å². The Morgan fingerprint density at radius 2 is 2.11 bits per heavy atom. The highest BCUT2D eigenvalue weighted by Crippen LogP contribution is 2.33. The van der Waals surface area contributed by atoms with Gasteiger partial charge in [-0.15, -0.1) is 3.89 Å². The third-order valence-corrected chi connectivity index (χ3v) is 4.02. The van der Waals surface area contributed by atoms with Crippen LogP contribution in [0.15, 0.2) is 18.2 Å². The van der Waals surface area contributed by atoms with Gasteiger partial charge in [0.2, 0.25) is 5.91 Å². The minimum absolute atomic E-state index is 0.133. The topological polar surface area (TPSA) is 74.7 Å². The maximum atomic E-state index is 12.9. The molecular weight excluding hydrogens is 261 g/mol. The van der Waals surface area contributed by atoms with Gasteiger partial charge in [0.1, 0.15) is 11.0 Å². The number of hydrogen-bond donors (Lipinski definition) is 1. The highest BCUT2D eigenvalue weighted by molar-refractivity contribution is 7.87. The molecule has 0 aromatic heterocycles. The minimum atomic E-state index is -4.74. The largest absolute Gasteiger partial charge is 0.506 e. The summed E-state index contributed by atoms with van der Waals surface area (Å²) in [5.74, 6) is -0.645. The summed E-state index contributed by atoms with van der Waals surface area (Å²) >= 11 is 0. The first-order valence-corrected chi connectivity index (χ1v) is 6.77.